The monoisotopic (exact) mass is 380 g/mol. The van der Waals surface area contributed by atoms with E-state index in [0.29, 0.717) is 12.1 Å². The second kappa shape index (κ2) is 7.51. The molecular formula is C19H24N8O. The van der Waals surface area contributed by atoms with Crippen molar-refractivity contribution < 1.29 is 4.79 Å². The van der Waals surface area contributed by atoms with Crippen LogP contribution in [0.1, 0.15) is 11.1 Å². The van der Waals surface area contributed by atoms with E-state index < -0.39 is 0 Å². The second-order valence-electron chi connectivity index (χ2n) is 7.21. The highest BCUT2D eigenvalue weighted by Crippen LogP contribution is 2.21. The molecule has 1 aliphatic heterocycles. The first-order valence-corrected chi connectivity index (χ1v) is 9.36. The molecule has 3 aromatic rings. The van der Waals surface area contributed by atoms with Crippen molar-refractivity contribution in [2.24, 2.45) is 7.05 Å². The molecule has 9 nitrogen and oxygen atoms in total. The molecule has 0 spiro atoms. The number of aromatic nitrogens is 5. The van der Waals surface area contributed by atoms with Gasteiger partial charge < -0.3 is 10.2 Å². The van der Waals surface area contributed by atoms with Gasteiger partial charge in [-0.2, -0.15) is 0 Å². The Hall–Kier alpha value is -3.07. The molecule has 0 aliphatic carbocycles. The number of piperazine rings is 1. The Bertz CT molecular complexity index is 1010. The van der Waals surface area contributed by atoms with Crippen molar-refractivity contribution in [3.8, 4) is 0 Å². The fraction of sp³-hybridized carbons (Fsp3) is 0.421. The summed E-state index contributed by atoms with van der Waals surface area (Å²) in [5.74, 6) is 0.818. The minimum absolute atomic E-state index is 0.0144. The zero-order chi connectivity index (χ0) is 19.7. The molecule has 0 bridgehead atoms. The zero-order valence-electron chi connectivity index (χ0n) is 16.4. The number of aryl methyl sites for hydroxylation is 3. The number of benzene rings is 1. The number of carbonyl (C=O) groups is 1. The highest BCUT2D eigenvalue weighted by Gasteiger charge is 2.23. The number of hydrogen-bond acceptors (Lipinski definition) is 7. The maximum absolute atomic E-state index is 12.5. The molecule has 146 valence electrons. The molecule has 0 radical (unpaired) electrons. The summed E-state index contributed by atoms with van der Waals surface area (Å²) in [6, 6.07) is 6.08. The first-order valence-electron chi connectivity index (χ1n) is 9.36. The van der Waals surface area contributed by atoms with Gasteiger partial charge in [0.25, 0.3) is 0 Å². The van der Waals surface area contributed by atoms with Crippen LogP contribution in [0.25, 0.3) is 11.2 Å². The predicted octanol–water partition coefficient (Wildman–Crippen LogP) is 1.14. The summed E-state index contributed by atoms with van der Waals surface area (Å²) < 4.78 is 1.65. The third-order valence-electron chi connectivity index (χ3n) is 5.08. The smallest absolute Gasteiger partial charge is 0.238 e. The quantitative estimate of drug-likeness (QED) is 0.725. The number of carbonyl (C=O) groups excluding carboxylic acids is 1. The summed E-state index contributed by atoms with van der Waals surface area (Å²) in [7, 11) is 1.82. The molecule has 0 unspecified atom stereocenters. The van der Waals surface area contributed by atoms with E-state index in [-0.39, 0.29) is 5.91 Å². The van der Waals surface area contributed by atoms with Gasteiger partial charge in [0.15, 0.2) is 17.0 Å². The van der Waals surface area contributed by atoms with Crippen LogP contribution < -0.4 is 10.2 Å². The standard InChI is InChI=1S/C19H24N8O/c1-13-4-5-14(2)15(10-13)22-16(28)11-26-6-8-27(9-7-26)19-17-18(20-12-21-19)25(3)24-23-17/h4-5,10,12H,6-9,11H2,1-3H3,(H,22,28). The van der Waals surface area contributed by atoms with E-state index >= 15 is 0 Å². The third kappa shape index (κ3) is 3.65. The first kappa shape index (κ1) is 18.3. The Labute approximate surface area is 163 Å². The van der Waals surface area contributed by atoms with E-state index in [9.17, 15) is 4.79 Å². The lowest BCUT2D eigenvalue weighted by Gasteiger charge is -2.34. The number of hydrogen-bond donors (Lipinski definition) is 1. The molecule has 1 saturated heterocycles. The van der Waals surface area contributed by atoms with Gasteiger partial charge in [-0.15, -0.1) is 5.10 Å². The molecule has 3 heterocycles. The van der Waals surface area contributed by atoms with E-state index in [1.54, 1.807) is 11.0 Å². The van der Waals surface area contributed by atoms with Crippen LogP contribution in [0, 0.1) is 13.8 Å². The largest absolute Gasteiger partial charge is 0.352 e. The van der Waals surface area contributed by atoms with Gasteiger partial charge in [0, 0.05) is 38.9 Å². The number of fused-ring (bicyclic) bond motifs is 1. The van der Waals surface area contributed by atoms with Gasteiger partial charge in [-0.25, -0.2) is 14.6 Å². The topological polar surface area (TPSA) is 92.1 Å². The van der Waals surface area contributed by atoms with Gasteiger partial charge in [-0.3, -0.25) is 9.69 Å². The van der Waals surface area contributed by atoms with Crippen LogP contribution >= 0.6 is 0 Å². The van der Waals surface area contributed by atoms with Crippen molar-refractivity contribution in [3.63, 3.8) is 0 Å². The second-order valence-corrected chi connectivity index (χ2v) is 7.21. The summed E-state index contributed by atoms with van der Waals surface area (Å²) >= 11 is 0. The molecule has 1 aliphatic rings. The van der Waals surface area contributed by atoms with Gasteiger partial charge in [0.2, 0.25) is 5.91 Å². The molecule has 1 N–H and O–H groups in total. The molecule has 1 fully saturated rings. The van der Waals surface area contributed by atoms with Crippen LogP contribution in [-0.4, -0.2) is 68.5 Å². The van der Waals surface area contributed by atoms with Gasteiger partial charge in [0.05, 0.1) is 6.54 Å². The van der Waals surface area contributed by atoms with Crippen LogP contribution in [0.15, 0.2) is 24.5 Å². The Morgan fingerprint density at radius 3 is 2.71 bits per heavy atom. The summed E-state index contributed by atoms with van der Waals surface area (Å²) in [5.41, 5.74) is 4.52. The molecule has 0 atom stereocenters. The number of anilines is 2. The van der Waals surface area contributed by atoms with E-state index in [2.05, 4.69) is 35.4 Å². The fourth-order valence-electron chi connectivity index (χ4n) is 3.45. The van der Waals surface area contributed by atoms with Crippen LogP contribution in [0.2, 0.25) is 0 Å². The third-order valence-corrected chi connectivity index (χ3v) is 5.08. The molecule has 9 heteroatoms. The van der Waals surface area contributed by atoms with E-state index in [1.165, 1.54) is 0 Å². The Kier molecular flexibility index (Phi) is 4.91. The van der Waals surface area contributed by atoms with Crippen LogP contribution in [0.3, 0.4) is 0 Å². The molecule has 2 aromatic heterocycles. The van der Waals surface area contributed by atoms with Gasteiger partial charge in [-0.05, 0) is 31.0 Å². The number of rotatable bonds is 4. The van der Waals surface area contributed by atoms with E-state index in [1.807, 2.05) is 39.1 Å². The maximum atomic E-state index is 12.5. The number of nitrogens with one attached hydrogen (secondary N) is 1. The van der Waals surface area contributed by atoms with Gasteiger partial charge in [0.1, 0.15) is 6.33 Å². The molecule has 0 saturated carbocycles. The molecule has 1 aromatic carbocycles. The first-order chi connectivity index (χ1) is 13.5. The lowest BCUT2D eigenvalue weighted by molar-refractivity contribution is -0.117. The lowest BCUT2D eigenvalue weighted by Crippen LogP contribution is -2.49. The number of nitrogens with zero attached hydrogens (tertiary/aromatic N) is 7. The molecular weight excluding hydrogens is 356 g/mol. The minimum Gasteiger partial charge on any atom is -0.352 e. The maximum Gasteiger partial charge on any atom is 0.238 e. The van der Waals surface area contributed by atoms with Crippen LogP contribution in [0.5, 0.6) is 0 Å². The average molecular weight is 380 g/mol. The van der Waals surface area contributed by atoms with Gasteiger partial charge >= 0.3 is 0 Å². The average Bonchev–Trinajstić information content (AvgIpc) is 3.07. The van der Waals surface area contributed by atoms with Gasteiger partial charge in [-0.1, -0.05) is 17.3 Å². The van der Waals surface area contributed by atoms with Crippen molar-refractivity contribution in [2.45, 2.75) is 13.8 Å². The lowest BCUT2D eigenvalue weighted by atomic mass is 10.1. The van der Waals surface area contributed by atoms with Crippen LogP contribution in [0.4, 0.5) is 11.5 Å². The Morgan fingerprint density at radius 1 is 1.14 bits per heavy atom. The normalized spacial score (nSPS) is 15.2. The summed E-state index contributed by atoms with van der Waals surface area (Å²) in [6.07, 6.45) is 1.55. The van der Waals surface area contributed by atoms with E-state index in [0.717, 1.165) is 54.5 Å². The minimum atomic E-state index is 0.0144. The number of amides is 1. The molecule has 1 amide bonds. The molecule has 28 heavy (non-hydrogen) atoms. The zero-order valence-corrected chi connectivity index (χ0v) is 16.4. The van der Waals surface area contributed by atoms with E-state index in [4.69, 9.17) is 0 Å². The van der Waals surface area contributed by atoms with Crippen LogP contribution in [-0.2, 0) is 11.8 Å². The SMILES string of the molecule is Cc1ccc(C)c(NC(=O)CN2CCN(c3ncnc4c3nnn4C)CC2)c1. The highest BCUT2D eigenvalue weighted by molar-refractivity contribution is 5.93. The molecule has 4 rings (SSSR count). The van der Waals surface area contributed by atoms with Crippen molar-refractivity contribution in [1.82, 2.24) is 29.9 Å². The Morgan fingerprint density at radius 2 is 1.93 bits per heavy atom. The van der Waals surface area contributed by atoms with Crippen molar-refractivity contribution >= 4 is 28.6 Å². The summed E-state index contributed by atoms with van der Waals surface area (Å²) in [4.78, 5) is 25.4. The Balaban J connectivity index is 1.36. The summed E-state index contributed by atoms with van der Waals surface area (Å²) in [5, 5.41) is 11.3. The summed E-state index contributed by atoms with van der Waals surface area (Å²) in [6.45, 7) is 7.53. The van der Waals surface area contributed by atoms with Crippen molar-refractivity contribution in [2.75, 3.05) is 42.9 Å². The van der Waals surface area contributed by atoms with Crippen molar-refractivity contribution in [3.05, 3.63) is 35.7 Å². The highest BCUT2D eigenvalue weighted by atomic mass is 16.2. The fourth-order valence-corrected chi connectivity index (χ4v) is 3.45. The van der Waals surface area contributed by atoms with Crippen molar-refractivity contribution in [1.29, 1.82) is 0 Å². The predicted molar refractivity (Wildman–Crippen MR) is 107 cm³/mol.